The third kappa shape index (κ3) is 2.24. The van der Waals surface area contributed by atoms with E-state index in [1.54, 1.807) is 13.2 Å². The Balaban J connectivity index is 2.31. The maximum Gasteiger partial charge on any atom is 0.282 e. The zero-order valence-electron chi connectivity index (χ0n) is 10.2. The van der Waals surface area contributed by atoms with Gasteiger partial charge in [0.2, 0.25) is 0 Å². The lowest BCUT2D eigenvalue weighted by atomic mass is 9.94. The molecule has 1 aromatic heterocycles. The average molecular weight is 302 g/mol. The quantitative estimate of drug-likeness (QED) is 0.900. The first-order valence-electron chi connectivity index (χ1n) is 5.55. The van der Waals surface area contributed by atoms with Crippen molar-refractivity contribution in [2.75, 3.05) is 11.9 Å². The molecule has 0 aromatic carbocycles. The van der Waals surface area contributed by atoms with Gasteiger partial charge in [0, 0.05) is 13.7 Å². The van der Waals surface area contributed by atoms with E-state index in [-0.39, 0.29) is 17.2 Å². The van der Waals surface area contributed by atoms with E-state index in [9.17, 15) is 4.79 Å². The van der Waals surface area contributed by atoms with Crippen molar-refractivity contribution in [2.45, 2.75) is 31.9 Å². The Morgan fingerprint density at radius 2 is 2.41 bits per heavy atom. The summed E-state index contributed by atoms with van der Waals surface area (Å²) in [4.78, 5) is 11.7. The number of nitrogens with zero attached hydrogens (tertiary/aromatic N) is 2. The minimum atomic E-state index is -0.156. The van der Waals surface area contributed by atoms with Crippen molar-refractivity contribution in [3.05, 3.63) is 21.0 Å². The van der Waals surface area contributed by atoms with Crippen molar-refractivity contribution < 1.29 is 4.74 Å². The van der Waals surface area contributed by atoms with Crippen molar-refractivity contribution in [1.82, 2.24) is 9.78 Å². The minimum Gasteiger partial charge on any atom is -0.376 e. The van der Waals surface area contributed by atoms with Gasteiger partial charge in [-0.15, -0.1) is 0 Å². The largest absolute Gasteiger partial charge is 0.376 e. The van der Waals surface area contributed by atoms with E-state index in [1.807, 2.05) is 6.92 Å². The van der Waals surface area contributed by atoms with Crippen LogP contribution in [0.5, 0.6) is 0 Å². The van der Waals surface area contributed by atoms with E-state index < -0.39 is 0 Å². The Labute approximate surface area is 108 Å². The molecule has 0 saturated carbocycles. The van der Waals surface area contributed by atoms with E-state index in [4.69, 9.17) is 4.74 Å². The molecule has 2 unspecified atom stereocenters. The summed E-state index contributed by atoms with van der Waals surface area (Å²) in [6.07, 6.45) is 2.68. The van der Waals surface area contributed by atoms with Gasteiger partial charge in [0.15, 0.2) is 0 Å². The molecular weight excluding hydrogens is 286 g/mol. The average Bonchev–Trinajstić information content (AvgIpc) is 2.61. The molecule has 5 nitrogen and oxygen atoms in total. The molecule has 0 amide bonds. The highest BCUT2D eigenvalue weighted by Gasteiger charge is 2.37. The Morgan fingerprint density at radius 3 is 3.00 bits per heavy atom. The van der Waals surface area contributed by atoms with Gasteiger partial charge >= 0.3 is 0 Å². The normalized spacial score (nSPS) is 28.4. The van der Waals surface area contributed by atoms with E-state index in [0.717, 1.165) is 13.0 Å². The highest BCUT2D eigenvalue weighted by molar-refractivity contribution is 9.10. The molecule has 1 aromatic rings. The van der Waals surface area contributed by atoms with Crippen LogP contribution >= 0.6 is 15.9 Å². The van der Waals surface area contributed by atoms with Crippen LogP contribution in [0.15, 0.2) is 15.5 Å². The summed E-state index contributed by atoms with van der Waals surface area (Å²) in [5, 5.41) is 7.36. The van der Waals surface area contributed by atoms with E-state index in [2.05, 4.69) is 33.3 Å². The summed E-state index contributed by atoms with van der Waals surface area (Å²) in [6.45, 7) is 4.86. The molecule has 1 aliphatic rings. The van der Waals surface area contributed by atoms with Crippen molar-refractivity contribution >= 4 is 21.6 Å². The van der Waals surface area contributed by atoms with Gasteiger partial charge in [-0.1, -0.05) is 0 Å². The van der Waals surface area contributed by atoms with Crippen molar-refractivity contribution in [3.63, 3.8) is 0 Å². The van der Waals surface area contributed by atoms with Crippen LogP contribution in [0.3, 0.4) is 0 Å². The summed E-state index contributed by atoms with van der Waals surface area (Å²) in [6, 6.07) is 0. The first-order chi connectivity index (χ1) is 7.94. The number of rotatable bonds is 2. The zero-order valence-corrected chi connectivity index (χ0v) is 11.7. The second-order valence-electron chi connectivity index (χ2n) is 4.61. The van der Waals surface area contributed by atoms with E-state index in [0.29, 0.717) is 10.2 Å². The fourth-order valence-electron chi connectivity index (χ4n) is 1.90. The Hall–Kier alpha value is -0.880. The number of hydrogen-bond acceptors (Lipinski definition) is 4. The van der Waals surface area contributed by atoms with Gasteiger partial charge in [0.25, 0.3) is 5.56 Å². The molecule has 0 aliphatic carbocycles. The number of aromatic nitrogens is 2. The number of halogens is 1. The van der Waals surface area contributed by atoms with Gasteiger partial charge < -0.3 is 10.1 Å². The Kier molecular flexibility index (Phi) is 3.27. The van der Waals surface area contributed by atoms with Gasteiger partial charge in [-0.25, -0.2) is 4.68 Å². The highest BCUT2D eigenvalue weighted by atomic mass is 79.9. The number of anilines is 1. The second-order valence-corrected chi connectivity index (χ2v) is 5.40. The van der Waals surface area contributed by atoms with Crippen molar-refractivity contribution in [3.8, 4) is 0 Å². The monoisotopic (exact) mass is 301 g/mol. The predicted octanol–water partition coefficient (Wildman–Crippen LogP) is 1.52. The first kappa shape index (κ1) is 12.6. The molecule has 0 spiro atoms. The molecule has 1 fully saturated rings. The lowest BCUT2D eigenvalue weighted by molar-refractivity contribution is 0.105. The number of nitrogens with one attached hydrogen (secondary N) is 1. The molecule has 2 rings (SSSR count). The third-order valence-corrected chi connectivity index (χ3v) is 4.15. The van der Waals surface area contributed by atoms with Gasteiger partial charge in [0.1, 0.15) is 4.47 Å². The molecule has 1 aliphatic heterocycles. The van der Waals surface area contributed by atoms with Crippen LogP contribution in [0.1, 0.15) is 20.3 Å². The Bertz CT molecular complexity index is 488. The molecule has 94 valence electrons. The number of ether oxygens (including phenoxy) is 1. The van der Waals surface area contributed by atoms with E-state index in [1.165, 1.54) is 4.68 Å². The van der Waals surface area contributed by atoms with Crippen LogP contribution in [0.2, 0.25) is 0 Å². The number of aryl methyl sites for hydroxylation is 1. The van der Waals surface area contributed by atoms with Gasteiger partial charge in [-0.2, -0.15) is 5.10 Å². The van der Waals surface area contributed by atoms with Crippen LogP contribution in [0.25, 0.3) is 0 Å². The lowest BCUT2D eigenvalue weighted by Crippen LogP contribution is -2.42. The summed E-state index contributed by atoms with van der Waals surface area (Å²) in [5.74, 6) is 0. The molecular formula is C11H16BrN3O2. The van der Waals surface area contributed by atoms with Crippen molar-refractivity contribution in [2.24, 2.45) is 7.05 Å². The van der Waals surface area contributed by atoms with Crippen LogP contribution in [-0.2, 0) is 11.8 Å². The molecule has 17 heavy (non-hydrogen) atoms. The lowest BCUT2D eigenvalue weighted by Gasteiger charge is -2.30. The van der Waals surface area contributed by atoms with Crippen LogP contribution in [0.4, 0.5) is 5.69 Å². The minimum absolute atomic E-state index is 0.110. The molecule has 2 heterocycles. The SMILES string of the molecule is CC1OCCC1(C)Nc1cnn(C)c(=O)c1Br. The maximum absolute atomic E-state index is 11.7. The molecule has 0 radical (unpaired) electrons. The molecule has 0 bridgehead atoms. The third-order valence-electron chi connectivity index (χ3n) is 3.38. The highest BCUT2D eigenvalue weighted by Crippen LogP contribution is 2.31. The summed E-state index contributed by atoms with van der Waals surface area (Å²) in [7, 11) is 1.62. The fraction of sp³-hybridized carbons (Fsp3) is 0.636. The standard InChI is InChI=1S/C11H16BrN3O2/c1-7-11(2,4-5-17-7)14-8-6-13-15(3)10(16)9(8)12/h6-7,14H,4-5H2,1-3H3. The smallest absolute Gasteiger partial charge is 0.282 e. The van der Waals surface area contributed by atoms with Crippen LogP contribution < -0.4 is 10.9 Å². The summed E-state index contributed by atoms with van der Waals surface area (Å²) < 4.78 is 7.36. The summed E-state index contributed by atoms with van der Waals surface area (Å²) >= 11 is 3.31. The van der Waals surface area contributed by atoms with Gasteiger partial charge in [-0.05, 0) is 36.2 Å². The Morgan fingerprint density at radius 1 is 1.71 bits per heavy atom. The zero-order chi connectivity index (χ0) is 12.6. The molecule has 2 atom stereocenters. The van der Waals surface area contributed by atoms with E-state index >= 15 is 0 Å². The van der Waals surface area contributed by atoms with Gasteiger partial charge in [0.05, 0.1) is 23.5 Å². The van der Waals surface area contributed by atoms with Crippen LogP contribution in [-0.4, -0.2) is 28.0 Å². The molecule has 1 N–H and O–H groups in total. The summed E-state index contributed by atoms with van der Waals surface area (Å²) in [5.41, 5.74) is 0.412. The molecule has 1 saturated heterocycles. The maximum atomic E-state index is 11.7. The fourth-order valence-corrected chi connectivity index (χ4v) is 2.36. The topological polar surface area (TPSA) is 56.1 Å². The van der Waals surface area contributed by atoms with Crippen LogP contribution in [0, 0.1) is 0 Å². The predicted molar refractivity (Wildman–Crippen MR) is 69.2 cm³/mol. The van der Waals surface area contributed by atoms with Crippen molar-refractivity contribution in [1.29, 1.82) is 0 Å². The second kappa shape index (κ2) is 4.42. The first-order valence-corrected chi connectivity index (χ1v) is 6.35. The number of hydrogen-bond donors (Lipinski definition) is 1. The molecule has 6 heteroatoms. The van der Waals surface area contributed by atoms with Gasteiger partial charge in [-0.3, -0.25) is 4.79 Å².